The van der Waals surface area contributed by atoms with Gasteiger partial charge in [0.2, 0.25) is 0 Å². The zero-order valence-corrected chi connectivity index (χ0v) is 19.9. The lowest BCUT2D eigenvalue weighted by Gasteiger charge is -2.29. The molecule has 1 aliphatic rings. The number of benzene rings is 4. The van der Waals surface area contributed by atoms with Crippen molar-refractivity contribution in [3.05, 3.63) is 126 Å². The molecular formula is C30H25F2O2S+. The lowest BCUT2D eigenvalue weighted by molar-refractivity contribution is -0.0185. The SMILES string of the molecule is O=C(OC1(c2ccc(F)c(F)c2)CCCC1)c1ccc([S+](c2ccccc2)c2ccccc2)cc1. The molecule has 0 heterocycles. The molecule has 0 aromatic heterocycles. The van der Waals surface area contributed by atoms with Crippen molar-refractivity contribution in [2.75, 3.05) is 0 Å². The molecule has 0 aliphatic heterocycles. The Hall–Kier alpha value is -3.44. The van der Waals surface area contributed by atoms with Gasteiger partial charge in [0.05, 0.1) is 16.5 Å². The van der Waals surface area contributed by atoms with Crippen LogP contribution in [0.5, 0.6) is 0 Å². The summed E-state index contributed by atoms with van der Waals surface area (Å²) in [7, 11) is -0.312. The number of halogens is 2. The van der Waals surface area contributed by atoms with E-state index in [0.717, 1.165) is 29.9 Å². The summed E-state index contributed by atoms with van der Waals surface area (Å²) in [5.41, 5.74) is 0.0173. The van der Waals surface area contributed by atoms with Crippen LogP contribution in [0.1, 0.15) is 41.6 Å². The van der Waals surface area contributed by atoms with Crippen molar-refractivity contribution >= 4 is 16.9 Å². The third-order valence-electron chi connectivity index (χ3n) is 6.43. The number of esters is 1. The first kappa shape index (κ1) is 23.3. The maximum Gasteiger partial charge on any atom is 0.339 e. The second-order valence-electron chi connectivity index (χ2n) is 8.68. The summed E-state index contributed by atoms with van der Waals surface area (Å²) >= 11 is 0. The molecule has 0 unspecified atom stereocenters. The van der Waals surface area contributed by atoms with Crippen molar-refractivity contribution in [2.24, 2.45) is 0 Å². The smallest absolute Gasteiger partial charge is 0.339 e. The summed E-state index contributed by atoms with van der Waals surface area (Å²) in [6.07, 6.45) is 2.91. The van der Waals surface area contributed by atoms with Crippen LogP contribution in [0.3, 0.4) is 0 Å². The molecule has 0 bridgehead atoms. The molecule has 5 rings (SSSR count). The molecule has 1 saturated carbocycles. The van der Waals surface area contributed by atoms with Gasteiger partial charge in [-0.25, -0.2) is 13.6 Å². The minimum absolute atomic E-state index is 0.312. The highest BCUT2D eigenvalue weighted by atomic mass is 32.2. The Morgan fingerprint density at radius 2 is 1.23 bits per heavy atom. The van der Waals surface area contributed by atoms with E-state index in [1.165, 1.54) is 15.9 Å². The van der Waals surface area contributed by atoms with Crippen LogP contribution in [0.15, 0.2) is 118 Å². The van der Waals surface area contributed by atoms with Gasteiger partial charge in [-0.2, -0.15) is 0 Å². The summed E-state index contributed by atoms with van der Waals surface area (Å²) in [6, 6.07) is 31.9. The largest absolute Gasteiger partial charge is 0.451 e. The number of carbonyl (C=O) groups excluding carboxylic acids is 1. The average Bonchev–Trinajstić information content (AvgIpc) is 3.37. The predicted molar refractivity (Wildman–Crippen MR) is 133 cm³/mol. The quantitative estimate of drug-likeness (QED) is 0.206. The molecule has 0 saturated heterocycles. The molecule has 0 N–H and O–H groups in total. The Bertz CT molecular complexity index is 1260. The normalized spacial score (nSPS) is 14.7. The molecule has 2 nitrogen and oxygen atoms in total. The van der Waals surface area contributed by atoms with E-state index in [-0.39, 0.29) is 10.9 Å². The standard InChI is InChI=1S/C30H25F2O2S/c31-27-18-15-23(21-28(27)32)30(19-7-8-20-30)34-29(33)22-13-16-26(17-14-22)35(24-9-3-1-4-10-24)25-11-5-2-6-12-25/h1-6,9-18,21H,7-8,19-20H2/q+1. The monoisotopic (exact) mass is 487 g/mol. The molecule has 4 aromatic carbocycles. The van der Waals surface area contributed by atoms with E-state index >= 15 is 0 Å². The maximum absolute atomic E-state index is 13.9. The molecule has 176 valence electrons. The van der Waals surface area contributed by atoms with E-state index in [2.05, 4.69) is 24.3 Å². The van der Waals surface area contributed by atoms with E-state index < -0.39 is 23.2 Å². The number of hydrogen-bond donors (Lipinski definition) is 0. The van der Waals surface area contributed by atoms with Gasteiger partial charge in [0.1, 0.15) is 5.60 Å². The fraction of sp³-hybridized carbons (Fsp3) is 0.167. The zero-order valence-electron chi connectivity index (χ0n) is 19.1. The van der Waals surface area contributed by atoms with Gasteiger partial charge in [-0.1, -0.05) is 42.5 Å². The lowest BCUT2D eigenvalue weighted by atomic mass is 9.91. The van der Waals surface area contributed by atoms with Crippen molar-refractivity contribution < 1.29 is 18.3 Å². The van der Waals surface area contributed by atoms with Crippen LogP contribution >= 0.6 is 0 Å². The Labute approximate surface area is 206 Å². The van der Waals surface area contributed by atoms with Gasteiger partial charge in [-0.15, -0.1) is 0 Å². The van der Waals surface area contributed by atoms with Gasteiger partial charge in [0.25, 0.3) is 0 Å². The highest BCUT2D eigenvalue weighted by Gasteiger charge is 2.40. The summed E-state index contributed by atoms with van der Waals surface area (Å²) in [4.78, 5) is 16.6. The number of hydrogen-bond acceptors (Lipinski definition) is 2. The number of ether oxygens (including phenoxy) is 1. The fourth-order valence-corrected chi connectivity index (χ4v) is 6.74. The lowest BCUT2D eigenvalue weighted by Crippen LogP contribution is -2.29. The Morgan fingerprint density at radius 1 is 0.686 bits per heavy atom. The van der Waals surface area contributed by atoms with E-state index in [1.54, 1.807) is 12.1 Å². The molecule has 0 amide bonds. The van der Waals surface area contributed by atoms with Crippen LogP contribution in [-0.4, -0.2) is 5.97 Å². The Balaban J connectivity index is 1.42. The van der Waals surface area contributed by atoms with Crippen molar-refractivity contribution in [1.29, 1.82) is 0 Å². The minimum atomic E-state index is -0.928. The van der Waals surface area contributed by atoms with Crippen LogP contribution in [0.2, 0.25) is 0 Å². The molecule has 0 spiro atoms. The van der Waals surface area contributed by atoms with Gasteiger partial charge in [0.15, 0.2) is 26.3 Å². The molecule has 0 atom stereocenters. The van der Waals surface area contributed by atoms with Gasteiger partial charge in [-0.05, 0) is 91.9 Å². The topological polar surface area (TPSA) is 26.3 Å². The average molecular weight is 488 g/mol. The predicted octanol–water partition coefficient (Wildman–Crippen LogP) is 7.69. The van der Waals surface area contributed by atoms with Gasteiger partial charge in [-0.3, -0.25) is 0 Å². The fourth-order valence-electron chi connectivity index (χ4n) is 4.66. The van der Waals surface area contributed by atoms with Crippen molar-refractivity contribution in [2.45, 2.75) is 46.0 Å². The van der Waals surface area contributed by atoms with E-state index in [0.29, 0.717) is 24.0 Å². The highest BCUT2D eigenvalue weighted by Crippen LogP contribution is 2.43. The van der Waals surface area contributed by atoms with Crippen LogP contribution < -0.4 is 0 Å². The molecule has 1 aliphatic carbocycles. The number of rotatable bonds is 6. The first-order valence-corrected chi connectivity index (χ1v) is 12.9. The van der Waals surface area contributed by atoms with Crippen molar-refractivity contribution in [3.8, 4) is 0 Å². The van der Waals surface area contributed by atoms with Gasteiger partial charge >= 0.3 is 5.97 Å². The maximum atomic E-state index is 13.9. The van der Waals surface area contributed by atoms with Crippen LogP contribution in [0.25, 0.3) is 0 Å². The van der Waals surface area contributed by atoms with E-state index in [9.17, 15) is 13.6 Å². The Morgan fingerprint density at radius 3 is 1.77 bits per heavy atom. The molecule has 4 aromatic rings. The van der Waals surface area contributed by atoms with Gasteiger partial charge in [0, 0.05) is 0 Å². The molecule has 5 heteroatoms. The second-order valence-corrected chi connectivity index (χ2v) is 10.7. The first-order chi connectivity index (χ1) is 17.1. The van der Waals surface area contributed by atoms with Gasteiger partial charge < -0.3 is 4.74 Å². The van der Waals surface area contributed by atoms with Crippen LogP contribution in [0, 0.1) is 11.6 Å². The summed E-state index contributed by atoms with van der Waals surface area (Å²) in [5.74, 6) is -2.29. The summed E-state index contributed by atoms with van der Waals surface area (Å²) in [6.45, 7) is 0. The minimum Gasteiger partial charge on any atom is -0.451 e. The third-order valence-corrected chi connectivity index (χ3v) is 8.66. The first-order valence-electron chi connectivity index (χ1n) is 11.7. The summed E-state index contributed by atoms with van der Waals surface area (Å²) in [5, 5.41) is 0. The summed E-state index contributed by atoms with van der Waals surface area (Å²) < 4.78 is 33.5. The molecular weight excluding hydrogens is 462 g/mol. The number of carbonyl (C=O) groups is 1. The van der Waals surface area contributed by atoms with Crippen LogP contribution in [-0.2, 0) is 21.2 Å². The van der Waals surface area contributed by atoms with Crippen molar-refractivity contribution in [1.82, 2.24) is 0 Å². The second kappa shape index (κ2) is 10.0. The molecule has 0 radical (unpaired) electrons. The van der Waals surface area contributed by atoms with E-state index in [4.69, 9.17) is 4.74 Å². The molecule has 1 fully saturated rings. The van der Waals surface area contributed by atoms with Crippen molar-refractivity contribution in [3.63, 3.8) is 0 Å². The van der Waals surface area contributed by atoms with Crippen LogP contribution in [0.4, 0.5) is 8.78 Å². The molecule has 35 heavy (non-hydrogen) atoms. The zero-order chi connectivity index (χ0) is 24.3. The third kappa shape index (κ3) is 4.87. The van der Waals surface area contributed by atoms with E-state index in [1.807, 2.05) is 48.5 Å². The Kier molecular flexibility index (Phi) is 6.69. The highest BCUT2D eigenvalue weighted by molar-refractivity contribution is 7.97.